The smallest absolute Gasteiger partial charge is 0.119 e. The van der Waals surface area contributed by atoms with E-state index in [1.54, 1.807) is 11.8 Å². The summed E-state index contributed by atoms with van der Waals surface area (Å²) in [7, 11) is 3.51. The summed E-state index contributed by atoms with van der Waals surface area (Å²) < 4.78 is 7.89. The molecule has 1 aromatic carbocycles. The molecule has 0 saturated carbocycles. The predicted octanol–water partition coefficient (Wildman–Crippen LogP) is 2.24. The predicted molar refractivity (Wildman–Crippen MR) is 69.9 cm³/mol. The minimum absolute atomic E-state index is 0.263. The van der Waals surface area contributed by atoms with Crippen molar-refractivity contribution in [2.75, 3.05) is 7.11 Å². The zero-order chi connectivity index (χ0) is 12.4. The SMILES string of the molecule is COc1ccc(Br)c(C(N)c2ccn(C)n2)c1. The standard InChI is InChI=1S/C12H14BrN3O/c1-16-6-5-11(15-16)12(14)9-7-8(17-2)3-4-10(9)13/h3-7,12H,14H2,1-2H3. The summed E-state index contributed by atoms with van der Waals surface area (Å²) in [6.45, 7) is 0. The Kier molecular flexibility index (Phi) is 3.49. The highest BCUT2D eigenvalue weighted by atomic mass is 79.9. The Hall–Kier alpha value is -1.33. The molecule has 1 heterocycles. The summed E-state index contributed by atoms with van der Waals surface area (Å²) in [5, 5.41) is 4.31. The van der Waals surface area contributed by atoms with Crippen LogP contribution in [0.1, 0.15) is 17.3 Å². The van der Waals surface area contributed by atoms with E-state index < -0.39 is 0 Å². The van der Waals surface area contributed by atoms with Crippen LogP contribution >= 0.6 is 15.9 Å². The number of methoxy groups -OCH3 is 1. The number of nitrogens with two attached hydrogens (primary N) is 1. The van der Waals surface area contributed by atoms with Gasteiger partial charge in [0.2, 0.25) is 0 Å². The van der Waals surface area contributed by atoms with Gasteiger partial charge in [0.25, 0.3) is 0 Å². The number of nitrogens with zero attached hydrogens (tertiary/aromatic N) is 2. The van der Waals surface area contributed by atoms with Crippen molar-refractivity contribution in [3.8, 4) is 5.75 Å². The van der Waals surface area contributed by atoms with Gasteiger partial charge in [-0.15, -0.1) is 0 Å². The van der Waals surface area contributed by atoms with Crippen LogP contribution in [0.3, 0.4) is 0 Å². The minimum Gasteiger partial charge on any atom is -0.497 e. The molecule has 0 fully saturated rings. The van der Waals surface area contributed by atoms with Crippen LogP contribution in [-0.4, -0.2) is 16.9 Å². The minimum atomic E-state index is -0.263. The first-order chi connectivity index (χ1) is 8.11. The van der Waals surface area contributed by atoms with E-state index >= 15 is 0 Å². The third-order valence-corrected chi connectivity index (χ3v) is 3.31. The first kappa shape index (κ1) is 12.1. The van der Waals surface area contributed by atoms with Crippen LogP contribution in [-0.2, 0) is 7.05 Å². The van der Waals surface area contributed by atoms with Crippen LogP contribution in [0.15, 0.2) is 34.9 Å². The molecule has 4 nitrogen and oxygen atoms in total. The Morgan fingerprint density at radius 1 is 1.41 bits per heavy atom. The van der Waals surface area contributed by atoms with Crippen molar-refractivity contribution in [2.45, 2.75) is 6.04 Å². The zero-order valence-corrected chi connectivity index (χ0v) is 11.3. The van der Waals surface area contributed by atoms with Gasteiger partial charge in [-0.2, -0.15) is 5.10 Å². The van der Waals surface area contributed by atoms with Crippen molar-refractivity contribution in [3.05, 3.63) is 46.2 Å². The molecule has 0 bridgehead atoms. The lowest BCUT2D eigenvalue weighted by atomic mass is 10.0. The highest BCUT2D eigenvalue weighted by Crippen LogP contribution is 2.29. The molecule has 90 valence electrons. The van der Waals surface area contributed by atoms with Gasteiger partial charge in [-0.3, -0.25) is 4.68 Å². The number of rotatable bonds is 3. The fourth-order valence-electron chi connectivity index (χ4n) is 1.65. The first-order valence-corrected chi connectivity index (χ1v) is 5.99. The molecule has 2 aromatic rings. The summed E-state index contributed by atoms with van der Waals surface area (Å²) >= 11 is 3.49. The molecule has 2 N–H and O–H groups in total. The molecule has 2 rings (SSSR count). The van der Waals surface area contributed by atoms with Crippen molar-refractivity contribution < 1.29 is 4.74 Å². The number of halogens is 1. The number of hydrogen-bond acceptors (Lipinski definition) is 3. The molecule has 5 heteroatoms. The molecule has 0 aliphatic heterocycles. The zero-order valence-electron chi connectivity index (χ0n) is 9.72. The van der Waals surface area contributed by atoms with E-state index in [9.17, 15) is 0 Å². The molecule has 0 saturated heterocycles. The first-order valence-electron chi connectivity index (χ1n) is 5.20. The third-order valence-electron chi connectivity index (χ3n) is 2.59. The van der Waals surface area contributed by atoms with E-state index in [4.69, 9.17) is 10.5 Å². The monoisotopic (exact) mass is 295 g/mol. The fourth-order valence-corrected chi connectivity index (χ4v) is 2.14. The normalized spacial score (nSPS) is 12.5. The van der Waals surface area contributed by atoms with Crippen molar-refractivity contribution in [1.82, 2.24) is 9.78 Å². The average Bonchev–Trinajstić information content (AvgIpc) is 2.76. The number of hydrogen-bond donors (Lipinski definition) is 1. The van der Waals surface area contributed by atoms with Crippen LogP contribution in [0, 0.1) is 0 Å². The maximum atomic E-state index is 6.19. The molecule has 1 aromatic heterocycles. The second kappa shape index (κ2) is 4.89. The average molecular weight is 296 g/mol. The lowest BCUT2D eigenvalue weighted by Crippen LogP contribution is -2.13. The van der Waals surface area contributed by atoms with Crippen molar-refractivity contribution >= 4 is 15.9 Å². The van der Waals surface area contributed by atoms with Crippen LogP contribution in [0.25, 0.3) is 0 Å². The highest BCUT2D eigenvalue weighted by Gasteiger charge is 2.15. The highest BCUT2D eigenvalue weighted by molar-refractivity contribution is 9.10. The lowest BCUT2D eigenvalue weighted by Gasteiger charge is -2.13. The quantitative estimate of drug-likeness (QED) is 0.945. The molecule has 0 aliphatic rings. The molecule has 1 atom stereocenters. The molecule has 0 spiro atoms. The topological polar surface area (TPSA) is 53.1 Å². The molecule has 17 heavy (non-hydrogen) atoms. The van der Waals surface area contributed by atoms with Gasteiger partial charge in [0.1, 0.15) is 5.75 Å². The van der Waals surface area contributed by atoms with Gasteiger partial charge in [0.15, 0.2) is 0 Å². The van der Waals surface area contributed by atoms with E-state index in [1.807, 2.05) is 37.5 Å². The van der Waals surface area contributed by atoms with Crippen LogP contribution in [0.5, 0.6) is 5.75 Å². The van der Waals surface area contributed by atoms with Crippen molar-refractivity contribution in [1.29, 1.82) is 0 Å². The lowest BCUT2D eigenvalue weighted by molar-refractivity contribution is 0.414. The summed E-state index contributed by atoms with van der Waals surface area (Å²) in [6.07, 6.45) is 1.88. The van der Waals surface area contributed by atoms with Gasteiger partial charge in [0, 0.05) is 17.7 Å². The summed E-state index contributed by atoms with van der Waals surface area (Å²) in [5.41, 5.74) is 7.99. The van der Waals surface area contributed by atoms with E-state index in [0.29, 0.717) is 0 Å². The molecule has 0 radical (unpaired) electrons. The van der Waals surface area contributed by atoms with Crippen molar-refractivity contribution in [2.24, 2.45) is 12.8 Å². The third kappa shape index (κ3) is 2.50. The van der Waals surface area contributed by atoms with Gasteiger partial charge in [0.05, 0.1) is 18.8 Å². The maximum Gasteiger partial charge on any atom is 0.119 e. The summed E-state index contributed by atoms with van der Waals surface area (Å²) in [5.74, 6) is 0.787. The second-order valence-corrected chi connectivity index (χ2v) is 4.63. The van der Waals surface area contributed by atoms with Crippen molar-refractivity contribution in [3.63, 3.8) is 0 Å². The number of aromatic nitrogens is 2. The number of aryl methyl sites for hydroxylation is 1. The largest absolute Gasteiger partial charge is 0.497 e. The van der Waals surface area contributed by atoms with Crippen LogP contribution in [0.4, 0.5) is 0 Å². The summed E-state index contributed by atoms with van der Waals surface area (Å²) in [6, 6.07) is 7.39. The molecular formula is C12H14BrN3O. The summed E-state index contributed by atoms with van der Waals surface area (Å²) in [4.78, 5) is 0. The van der Waals surface area contributed by atoms with Gasteiger partial charge in [-0.25, -0.2) is 0 Å². The Balaban J connectivity index is 2.39. The van der Waals surface area contributed by atoms with Gasteiger partial charge in [-0.05, 0) is 29.8 Å². The fraction of sp³-hybridized carbons (Fsp3) is 0.250. The number of ether oxygens (including phenoxy) is 1. The van der Waals surface area contributed by atoms with E-state index in [-0.39, 0.29) is 6.04 Å². The van der Waals surface area contributed by atoms with Gasteiger partial charge >= 0.3 is 0 Å². The Bertz CT molecular complexity index is 524. The Morgan fingerprint density at radius 2 is 2.18 bits per heavy atom. The van der Waals surface area contributed by atoms with Crippen LogP contribution < -0.4 is 10.5 Å². The van der Waals surface area contributed by atoms with E-state index in [2.05, 4.69) is 21.0 Å². The molecule has 0 aliphatic carbocycles. The second-order valence-electron chi connectivity index (χ2n) is 3.78. The molecule has 0 amide bonds. The van der Waals surface area contributed by atoms with E-state index in [0.717, 1.165) is 21.5 Å². The molecular weight excluding hydrogens is 282 g/mol. The molecule has 1 unspecified atom stereocenters. The Labute approximate surface area is 109 Å². The van der Waals surface area contributed by atoms with Gasteiger partial charge < -0.3 is 10.5 Å². The number of benzene rings is 1. The van der Waals surface area contributed by atoms with Crippen LogP contribution in [0.2, 0.25) is 0 Å². The maximum absolute atomic E-state index is 6.19. The van der Waals surface area contributed by atoms with Gasteiger partial charge in [-0.1, -0.05) is 15.9 Å². The van der Waals surface area contributed by atoms with E-state index in [1.165, 1.54) is 0 Å². The Morgan fingerprint density at radius 3 is 2.76 bits per heavy atom.